The highest BCUT2D eigenvalue weighted by atomic mass is 15.2. The first kappa shape index (κ1) is 27.1. The van der Waals surface area contributed by atoms with Gasteiger partial charge in [-0.05, 0) is 89.3 Å². The smallest absolute Gasteiger partial charge is 0.0448 e. The topological polar surface area (TPSA) is 15.3 Å². The van der Waals surface area contributed by atoms with Crippen LogP contribution in [0.25, 0.3) is 10.8 Å². The van der Waals surface area contributed by atoms with E-state index in [1.54, 1.807) is 0 Å². The molecule has 3 aromatic rings. The fourth-order valence-corrected chi connectivity index (χ4v) is 6.59. The third-order valence-electron chi connectivity index (χ3n) is 8.78. The molecule has 0 unspecified atom stereocenters. The molecule has 0 aromatic heterocycles. The molecule has 202 valence electrons. The Morgan fingerprint density at radius 2 is 1.79 bits per heavy atom. The summed E-state index contributed by atoms with van der Waals surface area (Å²) in [5.74, 6) is 0. The predicted molar refractivity (Wildman–Crippen MR) is 171 cm³/mol. The van der Waals surface area contributed by atoms with Crippen LogP contribution in [0.2, 0.25) is 0 Å². The lowest BCUT2D eigenvalue weighted by atomic mass is 9.77. The van der Waals surface area contributed by atoms with Gasteiger partial charge in [0, 0.05) is 36.6 Å². The van der Waals surface area contributed by atoms with Crippen LogP contribution in [0.5, 0.6) is 0 Å². The van der Waals surface area contributed by atoms with Crippen molar-refractivity contribution in [1.82, 2.24) is 0 Å². The standard InChI is InChI=1S/C37H44N2/c1-26-17-21-33-31(24-26)37(4,5)34(39(33)7)22-18-28-13-10-12-27(25-28)14-11-23-36(2,3)35-30-16-9-8-15-29(30)19-20-32(35)38-6/h8-9,11,14-22,24-25,38H,10,12-13,23H2,1-7H3/b14-11+,28-18+,34-22+. The van der Waals surface area contributed by atoms with Crippen molar-refractivity contribution in [1.29, 1.82) is 0 Å². The number of benzene rings is 3. The molecule has 2 nitrogen and oxygen atoms in total. The van der Waals surface area contributed by atoms with E-state index in [0.29, 0.717) is 0 Å². The van der Waals surface area contributed by atoms with Crippen LogP contribution in [0.4, 0.5) is 11.4 Å². The Balaban J connectivity index is 1.36. The van der Waals surface area contributed by atoms with Gasteiger partial charge in [0.05, 0.1) is 0 Å². The summed E-state index contributed by atoms with van der Waals surface area (Å²) in [6, 6.07) is 20.0. The number of fused-ring (bicyclic) bond motifs is 2. The molecule has 0 fully saturated rings. The zero-order valence-corrected chi connectivity index (χ0v) is 24.9. The molecule has 0 spiro atoms. The van der Waals surface area contributed by atoms with Crippen molar-refractivity contribution >= 4 is 22.1 Å². The lowest BCUT2D eigenvalue weighted by Crippen LogP contribution is -2.22. The van der Waals surface area contributed by atoms with E-state index in [2.05, 4.69) is 137 Å². The molecule has 1 N–H and O–H groups in total. The average molecular weight is 517 g/mol. The van der Waals surface area contributed by atoms with Gasteiger partial charge in [0.25, 0.3) is 0 Å². The average Bonchev–Trinajstić information content (AvgIpc) is 3.10. The maximum atomic E-state index is 3.44. The molecule has 2 heteroatoms. The summed E-state index contributed by atoms with van der Waals surface area (Å²) in [4.78, 5) is 2.37. The number of nitrogens with zero attached hydrogens (tertiary/aromatic N) is 1. The minimum Gasteiger partial charge on any atom is -0.388 e. The number of aryl methyl sites for hydroxylation is 1. The summed E-state index contributed by atoms with van der Waals surface area (Å²) < 4.78 is 0. The summed E-state index contributed by atoms with van der Waals surface area (Å²) >= 11 is 0. The fraction of sp³-hybridized carbons (Fsp3) is 0.351. The molecular formula is C37H44N2. The molecule has 0 amide bonds. The Kier molecular flexibility index (Phi) is 7.33. The highest BCUT2D eigenvalue weighted by Crippen LogP contribution is 2.47. The molecule has 0 bridgehead atoms. The number of nitrogens with one attached hydrogen (secondary N) is 1. The molecule has 39 heavy (non-hydrogen) atoms. The van der Waals surface area contributed by atoms with E-state index in [0.717, 1.165) is 19.3 Å². The van der Waals surface area contributed by atoms with Gasteiger partial charge in [-0.25, -0.2) is 0 Å². The van der Waals surface area contributed by atoms with Crippen molar-refractivity contribution in [2.75, 3.05) is 24.3 Å². The molecule has 0 radical (unpaired) electrons. The van der Waals surface area contributed by atoms with Crippen LogP contribution >= 0.6 is 0 Å². The Bertz CT molecular complexity index is 1510. The maximum absolute atomic E-state index is 3.44. The monoisotopic (exact) mass is 516 g/mol. The van der Waals surface area contributed by atoms with Gasteiger partial charge < -0.3 is 10.2 Å². The van der Waals surface area contributed by atoms with E-state index in [1.165, 1.54) is 62.1 Å². The first-order chi connectivity index (χ1) is 18.6. The van der Waals surface area contributed by atoms with E-state index < -0.39 is 0 Å². The minimum atomic E-state index is 0.00761. The second-order valence-electron chi connectivity index (χ2n) is 12.5. The van der Waals surface area contributed by atoms with Gasteiger partial charge in [-0.1, -0.05) is 100 Å². The summed E-state index contributed by atoms with van der Waals surface area (Å²) in [7, 11) is 4.23. The van der Waals surface area contributed by atoms with Gasteiger partial charge in [-0.3, -0.25) is 0 Å². The number of hydrogen-bond donors (Lipinski definition) is 1. The lowest BCUT2D eigenvalue weighted by molar-refractivity contribution is 0.540. The Morgan fingerprint density at radius 1 is 1.00 bits per heavy atom. The van der Waals surface area contributed by atoms with Crippen molar-refractivity contribution < 1.29 is 0 Å². The Morgan fingerprint density at radius 3 is 2.59 bits per heavy atom. The van der Waals surface area contributed by atoms with Crippen LogP contribution in [-0.4, -0.2) is 14.1 Å². The molecule has 0 atom stereocenters. The first-order valence-electron chi connectivity index (χ1n) is 14.4. The summed E-state index contributed by atoms with van der Waals surface area (Å²) in [6.45, 7) is 11.6. The van der Waals surface area contributed by atoms with Gasteiger partial charge in [-0.2, -0.15) is 0 Å². The van der Waals surface area contributed by atoms with Gasteiger partial charge in [0.15, 0.2) is 0 Å². The zero-order chi connectivity index (χ0) is 27.8. The second kappa shape index (κ2) is 10.6. The molecule has 0 saturated carbocycles. The fourth-order valence-electron chi connectivity index (χ4n) is 6.59. The number of hydrogen-bond acceptors (Lipinski definition) is 2. The normalized spacial score (nSPS) is 19.3. The molecule has 1 aliphatic carbocycles. The first-order valence-corrected chi connectivity index (χ1v) is 14.4. The summed E-state index contributed by atoms with van der Waals surface area (Å²) in [5, 5.41) is 6.09. The molecule has 0 saturated heterocycles. The van der Waals surface area contributed by atoms with Crippen molar-refractivity contribution in [3.63, 3.8) is 0 Å². The molecule has 1 heterocycles. The van der Waals surface area contributed by atoms with Crippen molar-refractivity contribution in [3.8, 4) is 0 Å². The maximum Gasteiger partial charge on any atom is 0.0448 e. The van der Waals surface area contributed by atoms with Gasteiger partial charge in [0.2, 0.25) is 0 Å². The molecule has 3 aromatic carbocycles. The highest BCUT2D eigenvalue weighted by Gasteiger charge is 2.38. The second-order valence-corrected chi connectivity index (χ2v) is 12.5. The van der Waals surface area contributed by atoms with Crippen LogP contribution in [0, 0.1) is 6.92 Å². The summed E-state index contributed by atoms with van der Waals surface area (Å²) in [5.41, 5.74) is 10.9. The van der Waals surface area contributed by atoms with Crippen LogP contribution in [0.1, 0.15) is 70.1 Å². The van der Waals surface area contributed by atoms with E-state index in [4.69, 9.17) is 0 Å². The van der Waals surface area contributed by atoms with E-state index in [-0.39, 0.29) is 10.8 Å². The van der Waals surface area contributed by atoms with Crippen molar-refractivity contribution in [2.24, 2.45) is 0 Å². The number of likely N-dealkylation sites (N-methyl/N-ethyl adjacent to an activating group) is 1. The van der Waals surface area contributed by atoms with Crippen molar-refractivity contribution in [2.45, 2.75) is 71.1 Å². The van der Waals surface area contributed by atoms with E-state index in [1.807, 2.05) is 7.05 Å². The summed E-state index contributed by atoms with van der Waals surface area (Å²) in [6.07, 6.45) is 16.4. The Labute approximate surface area is 235 Å². The highest BCUT2D eigenvalue weighted by molar-refractivity contribution is 5.91. The van der Waals surface area contributed by atoms with Gasteiger partial charge in [-0.15, -0.1) is 0 Å². The van der Waals surface area contributed by atoms with Crippen LogP contribution in [0.15, 0.2) is 102 Å². The molecule has 5 rings (SSSR count). The predicted octanol–water partition coefficient (Wildman–Crippen LogP) is 9.76. The number of anilines is 2. The molecular weight excluding hydrogens is 472 g/mol. The van der Waals surface area contributed by atoms with Crippen LogP contribution in [0.3, 0.4) is 0 Å². The quantitative estimate of drug-likeness (QED) is 0.351. The SMILES string of the molecule is CNc1ccc2ccccc2c1C(C)(C)C/C=C/C1=CC(=C/C=C2/N(C)c3ccc(C)cc3C2(C)C)/CCC1. The lowest BCUT2D eigenvalue weighted by Gasteiger charge is -2.28. The largest absolute Gasteiger partial charge is 0.388 e. The number of allylic oxidation sites excluding steroid dienone is 8. The molecule has 2 aliphatic rings. The third-order valence-corrected chi connectivity index (χ3v) is 8.78. The zero-order valence-electron chi connectivity index (χ0n) is 24.9. The van der Waals surface area contributed by atoms with Crippen LogP contribution < -0.4 is 10.2 Å². The Hall–Kier alpha value is -3.52. The minimum absolute atomic E-state index is 0.00761. The third kappa shape index (κ3) is 5.22. The number of rotatable bonds is 6. The van der Waals surface area contributed by atoms with Crippen LogP contribution in [-0.2, 0) is 10.8 Å². The van der Waals surface area contributed by atoms with E-state index >= 15 is 0 Å². The van der Waals surface area contributed by atoms with Crippen molar-refractivity contribution in [3.05, 3.63) is 119 Å². The van der Waals surface area contributed by atoms with Gasteiger partial charge >= 0.3 is 0 Å². The van der Waals surface area contributed by atoms with Gasteiger partial charge in [0.1, 0.15) is 0 Å². The molecule has 1 aliphatic heterocycles. The van der Waals surface area contributed by atoms with E-state index in [9.17, 15) is 0 Å².